The third-order valence-electron chi connectivity index (χ3n) is 3.81. The highest BCUT2D eigenvalue weighted by molar-refractivity contribution is 7.93. The summed E-state index contributed by atoms with van der Waals surface area (Å²) in [7, 11) is -5.68. The molecule has 0 bridgehead atoms. The van der Waals surface area contributed by atoms with Gasteiger partial charge in [0.1, 0.15) is 0 Å². The second-order valence-electron chi connectivity index (χ2n) is 5.73. The predicted molar refractivity (Wildman–Crippen MR) is 111 cm³/mol. The standard InChI is InChI=1S/C16H22N6O7S2/c1-5-22(30(24,25)6-2)11-8-7-9-17-14(11)31(26,27)21-16(23)20-15-18-12(28-3)10-13(19-15)29-4/h7-10H,5-6H2,1-4H3,(H2,18,19,20,21,23). The highest BCUT2D eigenvalue weighted by atomic mass is 32.2. The number of methoxy groups -OCH3 is 2. The van der Waals surface area contributed by atoms with Crippen molar-refractivity contribution in [2.75, 3.05) is 36.1 Å². The normalized spacial score (nSPS) is 11.5. The van der Waals surface area contributed by atoms with Crippen LogP contribution >= 0.6 is 0 Å². The Labute approximate surface area is 179 Å². The number of pyridine rings is 1. The summed E-state index contributed by atoms with van der Waals surface area (Å²) in [5, 5.41) is 1.52. The van der Waals surface area contributed by atoms with Gasteiger partial charge in [0.05, 0.1) is 31.7 Å². The smallest absolute Gasteiger partial charge is 0.335 e. The van der Waals surface area contributed by atoms with Gasteiger partial charge in [-0.2, -0.15) is 18.4 Å². The van der Waals surface area contributed by atoms with Gasteiger partial charge in [-0.15, -0.1) is 0 Å². The minimum absolute atomic E-state index is 0.0337. The van der Waals surface area contributed by atoms with Crippen molar-refractivity contribution in [1.82, 2.24) is 19.7 Å². The minimum Gasteiger partial charge on any atom is -0.481 e. The molecule has 15 heteroatoms. The van der Waals surface area contributed by atoms with E-state index in [4.69, 9.17) is 9.47 Å². The van der Waals surface area contributed by atoms with E-state index in [-0.39, 0.29) is 35.7 Å². The lowest BCUT2D eigenvalue weighted by atomic mass is 10.4. The molecule has 0 radical (unpaired) electrons. The summed E-state index contributed by atoms with van der Waals surface area (Å²) in [4.78, 5) is 23.8. The van der Waals surface area contributed by atoms with Crippen molar-refractivity contribution < 1.29 is 31.1 Å². The van der Waals surface area contributed by atoms with Crippen LogP contribution in [0.4, 0.5) is 16.4 Å². The molecular formula is C16H22N6O7S2. The van der Waals surface area contributed by atoms with E-state index in [2.05, 4.69) is 20.3 Å². The van der Waals surface area contributed by atoms with E-state index in [1.54, 1.807) is 11.6 Å². The SMILES string of the molecule is CCN(c1cccnc1S(=O)(=O)NC(=O)Nc1nc(OC)cc(OC)n1)S(=O)(=O)CC. The van der Waals surface area contributed by atoms with Crippen LogP contribution in [0.5, 0.6) is 11.8 Å². The maximum absolute atomic E-state index is 12.8. The molecule has 0 aliphatic carbocycles. The van der Waals surface area contributed by atoms with Gasteiger partial charge in [0.2, 0.25) is 32.8 Å². The first-order chi connectivity index (χ1) is 14.6. The number of anilines is 2. The number of amides is 2. The summed E-state index contributed by atoms with van der Waals surface area (Å²) in [6.07, 6.45) is 1.17. The lowest BCUT2D eigenvalue weighted by Crippen LogP contribution is -2.38. The van der Waals surface area contributed by atoms with Crippen molar-refractivity contribution in [2.45, 2.75) is 18.9 Å². The molecule has 0 fully saturated rings. The first-order valence-electron chi connectivity index (χ1n) is 8.84. The van der Waals surface area contributed by atoms with Gasteiger partial charge in [-0.05, 0) is 26.0 Å². The number of sulfonamides is 2. The lowest BCUT2D eigenvalue weighted by Gasteiger charge is -2.23. The van der Waals surface area contributed by atoms with Crippen LogP contribution in [-0.2, 0) is 20.0 Å². The van der Waals surface area contributed by atoms with Gasteiger partial charge in [0.25, 0.3) is 10.0 Å². The fraction of sp³-hybridized carbons (Fsp3) is 0.375. The molecular weight excluding hydrogens is 452 g/mol. The zero-order chi connectivity index (χ0) is 23.2. The van der Waals surface area contributed by atoms with Gasteiger partial charge in [-0.1, -0.05) is 0 Å². The van der Waals surface area contributed by atoms with Crippen LogP contribution in [0.2, 0.25) is 0 Å². The predicted octanol–water partition coefficient (Wildman–Crippen LogP) is 0.575. The van der Waals surface area contributed by atoms with Crippen molar-refractivity contribution in [3.05, 3.63) is 24.4 Å². The van der Waals surface area contributed by atoms with Crippen LogP contribution in [0.1, 0.15) is 13.8 Å². The van der Waals surface area contributed by atoms with Crippen molar-refractivity contribution in [2.24, 2.45) is 0 Å². The molecule has 0 atom stereocenters. The quantitative estimate of drug-likeness (QED) is 0.524. The van der Waals surface area contributed by atoms with E-state index in [1.807, 2.05) is 0 Å². The van der Waals surface area contributed by atoms with E-state index in [9.17, 15) is 21.6 Å². The monoisotopic (exact) mass is 474 g/mol. The average molecular weight is 475 g/mol. The molecule has 2 rings (SSSR count). The fourth-order valence-corrected chi connectivity index (χ4v) is 4.67. The van der Waals surface area contributed by atoms with Gasteiger partial charge < -0.3 is 9.47 Å². The van der Waals surface area contributed by atoms with Gasteiger partial charge in [0.15, 0.2) is 0 Å². The van der Waals surface area contributed by atoms with Crippen molar-refractivity contribution in [1.29, 1.82) is 0 Å². The first-order valence-corrected chi connectivity index (χ1v) is 11.9. The molecule has 2 heterocycles. The molecule has 2 amide bonds. The molecule has 2 aromatic heterocycles. The van der Waals surface area contributed by atoms with Crippen LogP contribution in [0.25, 0.3) is 0 Å². The average Bonchev–Trinajstić information content (AvgIpc) is 2.73. The summed E-state index contributed by atoms with van der Waals surface area (Å²) in [5.74, 6) is -0.396. The van der Waals surface area contributed by atoms with Crippen LogP contribution in [0.3, 0.4) is 0 Å². The topological polar surface area (TPSA) is 170 Å². The molecule has 0 saturated carbocycles. The molecule has 0 aromatic carbocycles. The Kier molecular flexibility index (Phi) is 7.56. The number of hydrogen-bond donors (Lipinski definition) is 2. The Balaban J connectivity index is 2.34. The summed E-state index contributed by atoms with van der Waals surface area (Å²) in [6, 6.07) is 2.83. The Hall–Kier alpha value is -3.20. The second kappa shape index (κ2) is 9.74. The van der Waals surface area contributed by atoms with Crippen molar-refractivity contribution in [3.8, 4) is 11.8 Å². The number of carbonyl (C=O) groups excluding carboxylic acids is 1. The number of urea groups is 1. The van der Waals surface area contributed by atoms with E-state index in [0.717, 1.165) is 4.31 Å². The minimum atomic E-state index is -4.56. The number of carbonyl (C=O) groups is 1. The number of hydrogen-bond acceptors (Lipinski definition) is 10. The van der Waals surface area contributed by atoms with E-state index in [0.29, 0.717) is 0 Å². The maximum atomic E-state index is 12.8. The van der Waals surface area contributed by atoms with Crippen molar-refractivity contribution in [3.63, 3.8) is 0 Å². The van der Waals surface area contributed by atoms with Crippen LogP contribution in [0.15, 0.2) is 29.4 Å². The molecule has 31 heavy (non-hydrogen) atoms. The first kappa shape index (κ1) is 24.1. The number of rotatable bonds is 9. The molecule has 0 unspecified atom stereocenters. The molecule has 13 nitrogen and oxygen atoms in total. The highest BCUT2D eigenvalue weighted by Gasteiger charge is 2.29. The summed E-state index contributed by atoms with van der Waals surface area (Å²) < 4.78 is 62.9. The molecule has 0 saturated heterocycles. The van der Waals surface area contributed by atoms with E-state index >= 15 is 0 Å². The molecule has 2 aromatic rings. The number of nitrogens with one attached hydrogen (secondary N) is 2. The molecule has 170 valence electrons. The number of ether oxygens (including phenoxy) is 2. The zero-order valence-electron chi connectivity index (χ0n) is 17.2. The van der Waals surface area contributed by atoms with Gasteiger partial charge in [0, 0.05) is 12.7 Å². The summed E-state index contributed by atoms with van der Waals surface area (Å²) in [6.45, 7) is 2.94. The van der Waals surface area contributed by atoms with Crippen molar-refractivity contribution >= 4 is 37.7 Å². The third kappa shape index (κ3) is 5.69. The summed E-state index contributed by atoms with van der Waals surface area (Å²) in [5.41, 5.74) is -0.188. The molecule has 0 spiro atoms. The molecule has 2 N–H and O–H groups in total. The maximum Gasteiger partial charge on any atom is 0.335 e. The Morgan fingerprint density at radius 2 is 1.71 bits per heavy atom. The number of nitrogens with zero attached hydrogens (tertiary/aromatic N) is 4. The highest BCUT2D eigenvalue weighted by Crippen LogP contribution is 2.25. The third-order valence-corrected chi connectivity index (χ3v) is 6.95. The molecule has 0 aliphatic rings. The fourth-order valence-electron chi connectivity index (χ4n) is 2.42. The van der Waals surface area contributed by atoms with Crippen LogP contribution in [0, 0.1) is 0 Å². The van der Waals surface area contributed by atoms with E-state index < -0.39 is 31.1 Å². The summed E-state index contributed by atoms with van der Waals surface area (Å²) >= 11 is 0. The van der Waals surface area contributed by atoms with Crippen LogP contribution in [-0.4, -0.2) is 64.3 Å². The Bertz CT molecular complexity index is 1130. The lowest BCUT2D eigenvalue weighted by molar-refractivity contribution is 0.256. The zero-order valence-corrected chi connectivity index (χ0v) is 18.8. The Morgan fingerprint density at radius 1 is 1.10 bits per heavy atom. The van der Waals surface area contributed by atoms with Gasteiger partial charge >= 0.3 is 6.03 Å². The van der Waals surface area contributed by atoms with E-state index in [1.165, 1.54) is 45.5 Å². The largest absolute Gasteiger partial charge is 0.481 e. The van der Waals surface area contributed by atoms with Gasteiger partial charge in [-0.25, -0.2) is 22.9 Å². The second-order valence-corrected chi connectivity index (χ2v) is 9.51. The van der Waals surface area contributed by atoms with Crippen LogP contribution < -0.4 is 23.8 Å². The Morgan fingerprint density at radius 3 is 2.23 bits per heavy atom. The molecule has 0 aliphatic heterocycles. The van der Waals surface area contributed by atoms with Gasteiger partial charge in [-0.3, -0.25) is 9.62 Å². The number of aromatic nitrogens is 3.